The smallest absolute Gasteiger partial charge is 0.341 e. The molecular weight excluding hydrogens is 180 g/mol. The summed E-state index contributed by atoms with van der Waals surface area (Å²) in [6, 6.07) is 0. The predicted octanol–water partition coefficient (Wildman–Crippen LogP) is 1.85. The van der Waals surface area contributed by atoms with E-state index < -0.39 is 0 Å². The van der Waals surface area contributed by atoms with Crippen LogP contribution in [0.1, 0.15) is 47.7 Å². The molecule has 4 nitrogen and oxygen atoms in total. The highest BCUT2D eigenvalue weighted by atomic mass is 16.5. The molecule has 0 aromatic carbocycles. The van der Waals surface area contributed by atoms with Crippen LogP contribution in [-0.4, -0.2) is 23.3 Å². The number of hydrogen-bond donors (Lipinski definition) is 1. The average molecular weight is 194 g/mol. The number of esters is 1. The van der Waals surface area contributed by atoms with Gasteiger partial charge in [-0.15, -0.1) is 0 Å². The van der Waals surface area contributed by atoms with Gasteiger partial charge in [0.2, 0.25) is 0 Å². The first-order chi connectivity index (χ1) is 6.83. The van der Waals surface area contributed by atoms with Gasteiger partial charge in [-0.05, 0) is 12.8 Å². The minimum Gasteiger partial charge on any atom is -0.465 e. The Kier molecular flexibility index (Phi) is 2.52. The van der Waals surface area contributed by atoms with E-state index in [9.17, 15) is 4.79 Å². The number of methoxy groups -OCH3 is 1. The minimum atomic E-state index is -0.291. The molecule has 0 atom stereocenters. The highest BCUT2D eigenvalue weighted by molar-refractivity contribution is 5.90. The number of aromatic nitrogens is 2. The van der Waals surface area contributed by atoms with Gasteiger partial charge in [0, 0.05) is 5.92 Å². The third-order valence-electron chi connectivity index (χ3n) is 2.84. The lowest BCUT2D eigenvalue weighted by Gasteiger charge is -2.07. The first kappa shape index (κ1) is 9.24. The van der Waals surface area contributed by atoms with E-state index in [1.54, 1.807) is 6.20 Å². The number of hydrogen-bond acceptors (Lipinski definition) is 3. The van der Waals surface area contributed by atoms with Crippen molar-refractivity contribution in [2.75, 3.05) is 7.11 Å². The monoisotopic (exact) mass is 194 g/mol. The molecule has 1 aromatic rings. The molecule has 1 aromatic heterocycles. The summed E-state index contributed by atoms with van der Waals surface area (Å²) < 4.78 is 4.70. The molecule has 0 saturated heterocycles. The Balaban J connectivity index is 2.24. The second kappa shape index (κ2) is 3.82. The molecule has 14 heavy (non-hydrogen) atoms. The molecule has 0 unspecified atom stereocenters. The van der Waals surface area contributed by atoms with Gasteiger partial charge in [0.15, 0.2) is 0 Å². The number of rotatable bonds is 2. The quantitative estimate of drug-likeness (QED) is 0.731. The third kappa shape index (κ3) is 1.52. The lowest BCUT2D eigenvalue weighted by atomic mass is 10.0. The van der Waals surface area contributed by atoms with Gasteiger partial charge in [0.25, 0.3) is 0 Å². The molecule has 0 radical (unpaired) electrons. The van der Waals surface area contributed by atoms with Crippen LogP contribution in [0.2, 0.25) is 0 Å². The highest BCUT2D eigenvalue weighted by Gasteiger charge is 2.24. The van der Waals surface area contributed by atoms with Crippen molar-refractivity contribution < 1.29 is 9.53 Å². The van der Waals surface area contributed by atoms with Gasteiger partial charge in [-0.1, -0.05) is 12.8 Å². The van der Waals surface area contributed by atoms with Crippen LogP contribution in [-0.2, 0) is 4.74 Å². The molecule has 76 valence electrons. The summed E-state index contributed by atoms with van der Waals surface area (Å²) in [5, 5.41) is 6.82. The molecular formula is C10H14N2O2. The van der Waals surface area contributed by atoms with Crippen molar-refractivity contribution in [1.82, 2.24) is 10.2 Å². The van der Waals surface area contributed by atoms with Crippen molar-refractivity contribution in [1.29, 1.82) is 0 Å². The Morgan fingerprint density at radius 1 is 1.57 bits per heavy atom. The Bertz CT molecular complexity index is 327. The van der Waals surface area contributed by atoms with Crippen LogP contribution in [0.5, 0.6) is 0 Å². The summed E-state index contributed by atoms with van der Waals surface area (Å²) in [7, 11) is 1.40. The van der Waals surface area contributed by atoms with Gasteiger partial charge in [-0.2, -0.15) is 5.10 Å². The number of carbonyl (C=O) groups excluding carboxylic acids is 1. The van der Waals surface area contributed by atoms with Crippen molar-refractivity contribution in [2.45, 2.75) is 31.6 Å². The summed E-state index contributed by atoms with van der Waals surface area (Å²) in [5.74, 6) is 0.173. The van der Waals surface area contributed by atoms with E-state index >= 15 is 0 Å². The van der Waals surface area contributed by atoms with Gasteiger partial charge in [-0.25, -0.2) is 4.79 Å². The molecule has 1 aliphatic rings. The van der Waals surface area contributed by atoms with Gasteiger partial charge < -0.3 is 4.74 Å². The molecule has 1 aliphatic carbocycles. The number of ether oxygens (including phenoxy) is 1. The second-order valence-corrected chi connectivity index (χ2v) is 3.67. The number of carbonyl (C=O) groups is 1. The Morgan fingerprint density at radius 3 is 2.93 bits per heavy atom. The van der Waals surface area contributed by atoms with Gasteiger partial charge in [0.05, 0.1) is 19.0 Å². The first-order valence-electron chi connectivity index (χ1n) is 4.94. The Hall–Kier alpha value is -1.32. The van der Waals surface area contributed by atoms with Crippen LogP contribution in [0.4, 0.5) is 0 Å². The van der Waals surface area contributed by atoms with Crippen LogP contribution in [0.25, 0.3) is 0 Å². The van der Waals surface area contributed by atoms with Gasteiger partial charge in [-0.3, -0.25) is 5.10 Å². The van der Waals surface area contributed by atoms with Crippen molar-refractivity contribution in [3.05, 3.63) is 17.5 Å². The lowest BCUT2D eigenvalue weighted by molar-refractivity contribution is 0.0599. The minimum absolute atomic E-state index is 0.291. The summed E-state index contributed by atoms with van der Waals surface area (Å²) in [6.07, 6.45) is 6.33. The third-order valence-corrected chi connectivity index (χ3v) is 2.84. The maximum absolute atomic E-state index is 11.4. The summed E-state index contributed by atoms with van der Waals surface area (Å²) in [4.78, 5) is 11.4. The normalized spacial score (nSPS) is 17.2. The van der Waals surface area contributed by atoms with Crippen LogP contribution < -0.4 is 0 Å². The maximum atomic E-state index is 11.4. The zero-order valence-electron chi connectivity index (χ0n) is 8.25. The van der Waals surface area contributed by atoms with E-state index in [4.69, 9.17) is 4.74 Å². The molecule has 1 saturated carbocycles. The van der Waals surface area contributed by atoms with E-state index in [-0.39, 0.29) is 5.97 Å². The van der Waals surface area contributed by atoms with E-state index in [2.05, 4.69) is 10.2 Å². The van der Waals surface area contributed by atoms with E-state index in [1.807, 2.05) is 0 Å². The molecule has 4 heteroatoms. The number of nitrogens with zero attached hydrogens (tertiary/aromatic N) is 1. The predicted molar refractivity (Wildman–Crippen MR) is 51.1 cm³/mol. The molecule has 1 fully saturated rings. The Morgan fingerprint density at radius 2 is 2.29 bits per heavy atom. The number of H-pyrrole nitrogens is 1. The SMILES string of the molecule is COC(=O)c1cn[nH]c1C1CCCC1. The van der Waals surface area contributed by atoms with Crippen LogP contribution in [0, 0.1) is 0 Å². The fourth-order valence-corrected chi connectivity index (χ4v) is 2.09. The van der Waals surface area contributed by atoms with Crippen LogP contribution >= 0.6 is 0 Å². The van der Waals surface area contributed by atoms with Crippen molar-refractivity contribution >= 4 is 5.97 Å². The molecule has 0 bridgehead atoms. The van der Waals surface area contributed by atoms with Crippen molar-refractivity contribution in [3.8, 4) is 0 Å². The summed E-state index contributed by atoms with van der Waals surface area (Å²) >= 11 is 0. The molecule has 0 aliphatic heterocycles. The maximum Gasteiger partial charge on any atom is 0.341 e. The molecule has 1 N–H and O–H groups in total. The van der Waals surface area contributed by atoms with Gasteiger partial charge in [0.1, 0.15) is 5.56 Å². The highest BCUT2D eigenvalue weighted by Crippen LogP contribution is 2.34. The van der Waals surface area contributed by atoms with E-state index in [1.165, 1.54) is 20.0 Å². The molecule has 0 amide bonds. The second-order valence-electron chi connectivity index (χ2n) is 3.67. The summed E-state index contributed by atoms with van der Waals surface area (Å²) in [6.45, 7) is 0. The molecule has 2 rings (SSSR count). The Labute approximate surface area is 82.7 Å². The first-order valence-corrected chi connectivity index (χ1v) is 4.94. The van der Waals surface area contributed by atoms with Crippen LogP contribution in [0.15, 0.2) is 6.20 Å². The van der Waals surface area contributed by atoms with Crippen LogP contribution in [0.3, 0.4) is 0 Å². The van der Waals surface area contributed by atoms with E-state index in [0.717, 1.165) is 18.5 Å². The zero-order chi connectivity index (χ0) is 9.97. The molecule has 1 heterocycles. The molecule has 0 spiro atoms. The fourth-order valence-electron chi connectivity index (χ4n) is 2.09. The topological polar surface area (TPSA) is 55.0 Å². The number of nitrogens with one attached hydrogen (secondary N) is 1. The average Bonchev–Trinajstić information content (AvgIpc) is 2.85. The van der Waals surface area contributed by atoms with E-state index in [0.29, 0.717) is 11.5 Å². The summed E-state index contributed by atoms with van der Waals surface area (Å²) in [5.41, 5.74) is 1.55. The zero-order valence-corrected chi connectivity index (χ0v) is 8.25. The fraction of sp³-hybridized carbons (Fsp3) is 0.600. The number of aromatic amines is 1. The van der Waals surface area contributed by atoms with Gasteiger partial charge >= 0.3 is 5.97 Å². The lowest BCUT2D eigenvalue weighted by Crippen LogP contribution is -2.06. The largest absolute Gasteiger partial charge is 0.465 e. The standard InChI is InChI=1S/C10H14N2O2/c1-14-10(13)8-6-11-12-9(8)7-4-2-3-5-7/h6-7H,2-5H2,1H3,(H,11,12). The van der Waals surface area contributed by atoms with Crippen molar-refractivity contribution in [3.63, 3.8) is 0 Å². The van der Waals surface area contributed by atoms with Crippen molar-refractivity contribution in [2.24, 2.45) is 0 Å².